The molecule has 0 aliphatic carbocycles. The van der Waals surface area contributed by atoms with Crippen LogP contribution in [0.25, 0.3) is 0 Å². The minimum absolute atomic E-state index is 0.0589. The standard InChI is InChI=1S/C13H19NO4/c1-9-4-12-13(18-8-17-12)5-10(9)2-3-14-11(6-15)7-16/h4-5,11,14-16H,2-3,6-8H2,1H3. The Morgan fingerprint density at radius 1 is 1.22 bits per heavy atom. The SMILES string of the molecule is Cc1cc2c(cc1CCNC(CO)CO)OCO2. The summed E-state index contributed by atoms with van der Waals surface area (Å²) >= 11 is 0. The Hall–Kier alpha value is -1.30. The summed E-state index contributed by atoms with van der Waals surface area (Å²) in [5, 5.41) is 21.0. The first-order valence-electron chi connectivity index (χ1n) is 6.09. The van der Waals surface area contributed by atoms with E-state index in [4.69, 9.17) is 19.7 Å². The Balaban J connectivity index is 1.93. The Kier molecular flexibility index (Phi) is 4.41. The summed E-state index contributed by atoms with van der Waals surface area (Å²) < 4.78 is 10.6. The van der Waals surface area contributed by atoms with Crippen LogP contribution in [0.5, 0.6) is 11.5 Å². The van der Waals surface area contributed by atoms with Gasteiger partial charge in [0.05, 0.1) is 19.3 Å². The Labute approximate surface area is 106 Å². The molecular formula is C13H19NO4. The van der Waals surface area contributed by atoms with E-state index in [2.05, 4.69) is 5.32 Å². The van der Waals surface area contributed by atoms with Gasteiger partial charge in [-0.25, -0.2) is 0 Å². The molecule has 1 aromatic carbocycles. The van der Waals surface area contributed by atoms with E-state index in [1.54, 1.807) is 0 Å². The van der Waals surface area contributed by atoms with Crippen LogP contribution in [-0.2, 0) is 6.42 Å². The summed E-state index contributed by atoms with van der Waals surface area (Å²) in [4.78, 5) is 0. The molecule has 2 rings (SSSR count). The lowest BCUT2D eigenvalue weighted by Crippen LogP contribution is -2.37. The quantitative estimate of drug-likeness (QED) is 0.676. The molecule has 0 fully saturated rings. The molecule has 0 aromatic heterocycles. The molecule has 0 unspecified atom stereocenters. The smallest absolute Gasteiger partial charge is 0.231 e. The van der Waals surface area contributed by atoms with Gasteiger partial charge in [-0.3, -0.25) is 0 Å². The molecule has 1 aliphatic rings. The molecular weight excluding hydrogens is 234 g/mol. The lowest BCUT2D eigenvalue weighted by Gasteiger charge is -2.14. The van der Waals surface area contributed by atoms with Crippen LogP contribution >= 0.6 is 0 Å². The molecule has 1 aliphatic heterocycles. The van der Waals surface area contributed by atoms with Crippen LogP contribution < -0.4 is 14.8 Å². The summed E-state index contributed by atoms with van der Waals surface area (Å²) in [6.07, 6.45) is 0.818. The van der Waals surface area contributed by atoms with Crippen molar-refractivity contribution in [1.82, 2.24) is 5.32 Å². The molecule has 1 heterocycles. The molecule has 0 spiro atoms. The van der Waals surface area contributed by atoms with Crippen molar-refractivity contribution in [2.75, 3.05) is 26.6 Å². The van der Waals surface area contributed by atoms with Gasteiger partial charge in [0.1, 0.15) is 0 Å². The maximum absolute atomic E-state index is 8.95. The van der Waals surface area contributed by atoms with Crippen molar-refractivity contribution in [3.05, 3.63) is 23.3 Å². The molecule has 1 aromatic rings. The first kappa shape index (κ1) is 13.1. The van der Waals surface area contributed by atoms with Crippen molar-refractivity contribution in [3.63, 3.8) is 0 Å². The number of aryl methyl sites for hydroxylation is 1. The van der Waals surface area contributed by atoms with Crippen molar-refractivity contribution >= 4 is 0 Å². The van der Waals surface area contributed by atoms with Gasteiger partial charge >= 0.3 is 0 Å². The lowest BCUT2D eigenvalue weighted by atomic mass is 10.0. The van der Waals surface area contributed by atoms with E-state index in [1.807, 2.05) is 19.1 Å². The predicted octanol–water partition coefficient (Wildman–Crippen LogP) is 0.209. The number of aliphatic hydroxyl groups excluding tert-OH is 2. The third kappa shape index (κ3) is 2.93. The van der Waals surface area contributed by atoms with Crippen LogP contribution in [0.4, 0.5) is 0 Å². The van der Waals surface area contributed by atoms with Gasteiger partial charge in [-0.15, -0.1) is 0 Å². The number of hydrogen-bond acceptors (Lipinski definition) is 5. The monoisotopic (exact) mass is 253 g/mol. The molecule has 5 nitrogen and oxygen atoms in total. The van der Waals surface area contributed by atoms with Gasteiger partial charge in [0.2, 0.25) is 6.79 Å². The summed E-state index contributed by atoms with van der Waals surface area (Å²) in [5.41, 5.74) is 2.34. The molecule has 0 amide bonds. The Morgan fingerprint density at radius 2 is 1.89 bits per heavy atom. The molecule has 5 heteroatoms. The van der Waals surface area contributed by atoms with Crippen LogP contribution in [0, 0.1) is 6.92 Å². The molecule has 0 radical (unpaired) electrons. The zero-order valence-electron chi connectivity index (χ0n) is 10.5. The summed E-state index contributed by atoms with van der Waals surface area (Å²) in [6, 6.07) is 3.72. The van der Waals surface area contributed by atoms with Crippen molar-refractivity contribution in [2.24, 2.45) is 0 Å². The highest BCUT2D eigenvalue weighted by atomic mass is 16.7. The first-order chi connectivity index (χ1) is 8.74. The van der Waals surface area contributed by atoms with Gasteiger partial charge in [-0.05, 0) is 43.1 Å². The van der Waals surface area contributed by atoms with E-state index < -0.39 is 0 Å². The Morgan fingerprint density at radius 3 is 2.56 bits per heavy atom. The second-order valence-electron chi connectivity index (χ2n) is 4.40. The molecule has 100 valence electrons. The fourth-order valence-corrected chi connectivity index (χ4v) is 1.95. The van der Waals surface area contributed by atoms with Crippen LogP contribution in [0.3, 0.4) is 0 Å². The number of benzene rings is 1. The number of nitrogens with one attached hydrogen (secondary N) is 1. The average molecular weight is 253 g/mol. The first-order valence-corrected chi connectivity index (χ1v) is 6.09. The summed E-state index contributed by atoms with van der Waals surface area (Å²) in [6.45, 7) is 2.90. The number of ether oxygens (including phenoxy) is 2. The van der Waals surface area contributed by atoms with Gasteiger partial charge in [0.25, 0.3) is 0 Å². The third-order valence-electron chi connectivity index (χ3n) is 3.10. The van der Waals surface area contributed by atoms with Gasteiger partial charge in [-0.1, -0.05) is 0 Å². The van der Waals surface area contributed by atoms with Crippen LogP contribution in [0.1, 0.15) is 11.1 Å². The Bertz CT molecular complexity index is 404. The van der Waals surface area contributed by atoms with Gasteiger partial charge < -0.3 is 25.0 Å². The number of fused-ring (bicyclic) bond motifs is 1. The minimum Gasteiger partial charge on any atom is -0.454 e. The fraction of sp³-hybridized carbons (Fsp3) is 0.538. The normalized spacial score (nSPS) is 13.3. The summed E-state index contributed by atoms with van der Waals surface area (Å²) in [7, 11) is 0. The van der Waals surface area contributed by atoms with E-state index in [0.29, 0.717) is 6.54 Å². The summed E-state index contributed by atoms with van der Waals surface area (Å²) in [5.74, 6) is 1.59. The van der Waals surface area contributed by atoms with Crippen molar-refractivity contribution in [3.8, 4) is 11.5 Å². The average Bonchev–Trinajstić information content (AvgIpc) is 2.81. The van der Waals surface area contributed by atoms with Gasteiger partial charge in [-0.2, -0.15) is 0 Å². The van der Waals surface area contributed by atoms with E-state index in [9.17, 15) is 0 Å². The van der Waals surface area contributed by atoms with Crippen LogP contribution in [0.15, 0.2) is 12.1 Å². The highest BCUT2D eigenvalue weighted by Gasteiger charge is 2.15. The van der Waals surface area contributed by atoms with E-state index in [1.165, 1.54) is 5.56 Å². The van der Waals surface area contributed by atoms with Crippen molar-refractivity contribution < 1.29 is 19.7 Å². The van der Waals surface area contributed by atoms with Gasteiger partial charge in [0.15, 0.2) is 11.5 Å². The third-order valence-corrected chi connectivity index (χ3v) is 3.10. The molecule has 3 N–H and O–H groups in total. The zero-order valence-corrected chi connectivity index (χ0v) is 10.5. The number of aliphatic hydroxyl groups is 2. The molecule has 18 heavy (non-hydrogen) atoms. The molecule has 0 atom stereocenters. The van der Waals surface area contributed by atoms with E-state index in [0.717, 1.165) is 23.5 Å². The number of rotatable bonds is 6. The van der Waals surface area contributed by atoms with Crippen LogP contribution in [0.2, 0.25) is 0 Å². The largest absolute Gasteiger partial charge is 0.454 e. The molecule has 0 bridgehead atoms. The second kappa shape index (κ2) is 6.04. The maximum Gasteiger partial charge on any atom is 0.231 e. The highest BCUT2D eigenvalue weighted by molar-refractivity contribution is 5.48. The zero-order chi connectivity index (χ0) is 13.0. The second-order valence-corrected chi connectivity index (χ2v) is 4.40. The fourth-order valence-electron chi connectivity index (χ4n) is 1.95. The number of hydrogen-bond donors (Lipinski definition) is 3. The highest BCUT2D eigenvalue weighted by Crippen LogP contribution is 2.34. The van der Waals surface area contributed by atoms with E-state index >= 15 is 0 Å². The molecule has 0 saturated carbocycles. The molecule has 0 saturated heterocycles. The van der Waals surface area contributed by atoms with E-state index in [-0.39, 0.29) is 26.0 Å². The maximum atomic E-state index is 8.95. The van der Waals surface area contributed by atoms with Crippen LogP contribution in [-0.4, -0.2) is 42.8 Å². The van der Waals surface area contributed by atoms with Gasteiger partial charge in [0, 0.05) is 0 Å². The lowest BCUT2D eigenvalue weighted by molar-refractivity contribution is 0.171. The van der Waals surface area contributed by atoms with Crippen molar-refractivity contribution in [2.45, 2.75) is 19.4 Å². The minimum atomic E-state index is -0.251. The topological polar surface area (TPSA) is 71.0 Å². The predicted molar refractivity (Wildman–Crippen MR) is 67.0 cm³/mol. The van der Waals surface area contributed by atoms with Crippen molar-refractivity contribution in [1.29, 1.82) is 0 Å².